The first-order valence-corrected chi connectivity index (χ1v) is 4.72. The van der Waals surface area contributed by atoms with Crippen molar-refractivity contribution in [3.63, 3.8) is 0 Å². The van der Waals surface area contributed by atoms with E-state index in [-0.39, 0.29) is 13.2 Å². The smallest absolute Gasteiger partial charge is 0.328 e. The van der Waals surface area contributed by atoms with Crippen LogP contribution in [0.25, 0.3) is 0 Å². The van der Waals surface area contributed by atoms with Crippen molar-refractivity contribution in [3.05, 3.63) is 0 Å². The molecule has 0 spiro atoms. The number of carbonyl (C=O) groups excluding carboxylic acids is 1. The molecule has 1 aliphatic rings. The van der Waals surface area contributed by atoms with E-state index >= 15 is 0 Å². The van der Waals surface area contributed by atoms with Crippen LogP contribution in [-0.2, 0) is 9.53 Å². The summed E-state index contributed by atoms with van der Waals surface area (Å²) < 4.78 is 5.00. The van der Waals surface area contributed by atoms with Gasteiger partial charge in [-0.1, -0.05) is 0 Å². The lowest BCUT2D eigenvalue weighted by Gasteiger charge is -2.32. The van der Waals surface area contributed by atoms with Crippen molar-refractivity contribution in [2.24, 2.45) is 5.73 Å². The number of urea groups is 1. The summed E-state index contributed by atoms with van der Waals surface area (Å²) >= 11 is 0. The van der Waals surface area contributed by atoms with Crippen molar-refractivity contribution in [1.29, 1.82) is 0 Å². The summed E-state index contributed by atoms with van der Waals surface area (Å²) in [6, 6.07) is -1.31. The molecule has 1 unspecified atom stereocenters. The molecule has 1 rings (SSSR count). The van der Waals surface area contributed by atoms with E-state index in [2.05, 4.69) is 5.32 Å². The molecule has 1 heterocycles. The van der Waals surface area contributed by atoms with Gasteiger partial charge in [-0.05, 0) is 0 Å². The average Bonchev–Trinajstić information content (AvgIpc) is 2.25. The van der Waals surface area contributed by atoms with Crippen LogP contribution in [0, 0.1) is 0 Å². The zero-order chi connectivity index (χ0) is 11.3. The molecule has 0 aromatic rings. The van der Waals surface area contributed by atoms with Crippen LogP contribution in [0.1, 0.15) is 0 Å². The average molecular weight is 217 g/mol. The standard InChI is InChI=1S/C8H15N3O4/c9-1-2-10-8(14)11-3-4-15-5-6(11)7(12)13/h6H,1-5,9H2,(H,10,14)(H,12,13). The van der Waals surface area contributed by atoms with Crippen LogP contribution in [0.3, 0.4) is 0 Å². The van der Waals surface area contributed by atoms with Crippen LogP contribution in [0.4, 0.5) is 4.79 Å². The van der Waals surface area contributed by atoms with Crippen LogP contribution >= 0.6 is 0 Å². The molecular weight excluding hydrogens is 202 g/mol. The Morgan fingerprint density at radius 1 is 1.60 bits per heavy atom. The number of nitrogens with two attached hydrogens (primary N) is 1. The van der Waals surface area contributed by atoms with Crippen molar-refractivity contribution in [2.45, 2.75) is 6.04 Å². The molecule has 15 heavy (non-hydrogen) atoms. The number of morpholine rings is 1. The third-order valence-electron chi connectivity index (χ3n) is 2.09. The Labute approximate surface area is 87.2 Å². The predicted octanol–water partition coefficient (Wildman–Crippen LogP) is -1.56. The maximum absolute atomic E-state index is 11.5. The monoisotopic (exact) mass is 217 g/mol. The first kappa shape index (κ1) is 11.7. The number of hydrogen-bond donors (Lipinski definition) is 3. The minimum absolute atomic E-state index is 0.0331. The van der Waals surface area contributed by atoms with Crippen LogP contribution in [-0.4, -0.2) is 60.9 Å². The molecule has 0 radical (unpaired) electrons. The molecule has 7 heteroatoms. The molecule has 0 saturated carbocycles. The molecule has 1 atom stereocenters. The second-order valence-corrected chi connectivity index (χ2v) is 3.14. The summed E-state index contributed by atoms with van der Waals surface area (Å²) in [6.07, 6.45) is 0. The van der Waals surface area contributed by atoms with Gasteiger partial charge in [-0.3, -0.25) is 0 Å². The molecule has 0 aromatic carbocycles. The van der Waals surface area contributed by atoms with E-state index in [1.165, 1.54) is 4.90 Å². The van der Waals surface area contributed by atoms with Gasteiger partial charge >= 0.3 is 12.0 Å². The minimum atomic E-state index is -1.06. The van der Waals surface area contributed by atoms with Gasteiger partial charge in [-0.2, -0.15) is 0 Å². The van der Waals surface area contributed by atoms with Crippen molar-refractivity contribution >= 4 is 12.0 Å². The number of amides is 2. The zero-order valence-corrected chi connectivity index (χ0v) is 8.31. The van der Waals surface area contributed by atoms with Gasteiger partial charge in [0, 0.05) is 19.6 Å². The van der Waals surface area contributed by atoms with Gasteiger partial charge in [-0.15, -0.1) is 0 Å². The number of rotatable bonds is 3. The fraction of sp³-hybridized carbons (Fsp3) is 0.750. The Kier molecular flexibility index (Phi) is 4.32. The number of carboxylic acids is 1. The SMILES string of the molecule is NCCNC(=O)N1CCOCC1C(=O)O. The molecule has 0 aliphatic carbocycles. The number of aliphatic carboxylic acids is 1. The number of carboxylic acid groups (broad SMARTS) is 1. The summed E-state index contributed by atoms with van der Waals surface area (Å²) in [4.78, 5) is 23.6. The zero-order valence-electron chi connectivity index (χ0n) is 8.31. The molecule has 0 bridgehead atoms. The van der Waals surface area contributed by atoms with Crippen molar-refractivity contribution in [2.75, 3.05) is 32.8 Å². The minimum Gasteiger partial charge on any atom is -0.480 e. The Bertz CT molecular complexity index is 246. The first-order valence-electron chi connectivity index (χ1n) is 4.72. The number of hydrogen-bond acceptors (Lipinski definition) is 4. The second-order valence-electron chi connectivity index (χ2n) is 3.14. The van der Waals surface area contributed by atoms with E-state index in [0.29, 0.717) is 19.7 Å². The van der Waals surface area contributed by atoms with Gasteiger partial charge < -0.3 is 25.8 Å². The van der Waals surface area contributed by atoms with Crippen LogP contribution in [0.5, 0.6) is 0 Å². The summed E-state index contributed by atoms with van der Waals surface area (Å²) in [6.45, 7) is 1.34. The molecule has 2 amide bonds. The van der Waals surface area contributed by atoms with Crippen molar-refractivity contribution in [1.82, 2.24) is 10.2 Å². The highest BCUT2D eigenvalue weighted by Crippen LogP contribution is 2.07. The van der Waals surface area contributed by atoms with Gasteiger partial charge in [-0.25, -0.2) is 9.59 Å². The fourth-order valence-electron chi connectivity index (χ4n) is 1.33. The van der Waals surface area contributed by atoms with E-state index in [4.69, 9.17) is 15.6 Å². The van der Waals surface area contributed by atoms with E-state index in [0.717, 1.165) is 0 Å². The quantitative estimate of drug-likeness (QED) is 0.530. The third kappa shape index (κ3) is 3.07. The number of nitrogens with one attached hydrogen (secondary N) is 1. The van der Waals surface area contributed by atoms with Crippen LogP contribution in [0.2, 0.25) is 0 Å². The maximum atomic E-state index is 11.5. The first-order chi connectivity index (χ1) is 7.16. The molecule has 7 nitrogen and oxygen atoms in total. The predicted molar refractivity (Wildman–Crippen MR) is 51.4 cm³/mol. The van der Waals surface area contributed by atoms with Gasteiger partial charge in [0.1, 0.15) is 0 Å². The second kappa shape index (κ2) is 5.52. The third-order valence-corrected chi connectivity index (χ3v) is 2.09. The normalized spacial score (nSPS) is 21.1. The molecule has 86 valence electrons. The molecule has 1 fully saturated rings. The number of ether oxygens (including phenoxy) is 1. The Hall–Kier alpha value is -1.34. The summed E-state index contributed by atoms with van der Waals surface area (Å²) in [7, 11) is 0. The topological polar surface area (TPSA) is 105 Å². The molecule has 4 N–H and O–H groups in total. The van der Waals surface area contributed by atoms with Crippen molar-refractivity contribution < 1.29 is 19.4 Å². The lowest BCUT2D eigenvalue weighted by Crippen LogP contribution is -2.56. The highest BCUT2D eigenvalue weighted by molar-refractivity contribution is 5.82. The van der Waals surface area contributed by atoms with E-state index in [1.807, 2.05) is 0 Å². The molecule has 0 aromatic heterocycles. The molecule has 1 aliphatic heterocycles. The molecule has 1 saturated heterocycles. The summed E-state index contributed by atoms with van der Waals surface area (Å²) in [5.41, 5.74) is 5.23. The van der Waals surface area contributed by atoms with E-state index < -0.39 is 18.0 Å². The van der Waals surface area contributed by atoms with Gasteiger partial charge in [0.05, 0.1) is 13.2 Å². The highest BCUT2D eigenvalue weighted by atomic mass is 16.5. The maximum Gasteiger partial charge on any atom is 0.328 e. The van der Waals surface area contributed by atoms with Gasteiger partial charge in [0.2, 0.25) is 0 Å². The lowest BCUT2D eigenvalue weighted by atomic mass is 10.2. The van der Waals surface area contributed by atoms with Crippen LogP contribution < -0.4 is 11.1 Å². The van der Waals surface area contributed by atoms with Crippen molar-refractivity contribution in [3.8, 4) is 0 Å². The van der Waals surface area contributed by atoms with Gasteiger partial charge in [0.15, 0.2) is 6.04 Å². The summed E-state index contributed by atoms with van der Waals surface area (Å²) in [5.74, 6) is -1.06. The Balaban J connectivity index is 2.55. The summed E-state index contributed by atoms with van der Waals surface area (Å²) in [5, 5.41) is 11.4. The number of nitrogens with zero attached hydrogens (tertiary/aromatic N) is 1. The lowest BCUT2D eigenvalue weighted by molar-refractivity contribution is -0.147. The Morgan fingerprint density at radius 3 is 2.93 bits per heavy atom. The van der Waals surface area contributed by atoms with E-state index in [9.17, 15) is 9.59 Å². The Morgan fingerprint density at radius 2 is 2.33 bits per heavy atom. The highest BCUT2D eigenvalue weighted by Gasteiger charge is 2.32. The van der Waals surface area contributed by atoms with E-state index in [1.54, 1.807) is 0 Å². The number of carbonyl (C=O) groups is 2. The molecular formula is C8H15N3O4. The van der Waals surface area contributed by atoms with Gasteiger partial charge in [0.25, 0.3) is 0 Å². The van der Waals surface area contributed by atoms with Crippen LogP contribution in [0.15, 0.2) is 0 Å². The largest absolute Gasteiger partial charge is 0.480 e. The fourth-order valence-corrected chi connectivity index (χ4v) is 1.33.